The average molecular weight is 439 g/mol. The van der Waals surface area contributed by atoms with Crippen LogP contribution >= 0.6 is 0 Å². The highest BCUT2D eigenvalue weighted by Gasteiger charge is 2.13. The first-order valence-electron chi connectivity index (χ1n) is 10.5. The number of carbonyl (C=O) groups is 1. The molecule has 0 aliphatic carbocycles. The Morgan fingerprint density at radius 2 is 1.62 bits per heavy atom. The minimum atomic E-state index is -0.532. The van der Waals surface area contributed by atoms with Gasteiger partial charge in [-0.05, 0) is 42.3 Å². The standard InChI is InChI=1S/C25H30N2O5/c1-5-6-7-8-13-32-22-11-9-18(15-23(22)30-3)14-19(17-26)25(28)27-20-10-12-21(29-2)24(16-20)31-4/h9-12,14-16H,5-8,13H2,1-4H3,(H,27,28)/b19-14+. The zero-order valence-corrected chi connectivity index (χ0v) is 19.1. The highest BCUT2D eigenvalue weighted by Crippen LogP contribution is 2.31. The number of carbonyl (C=O) groups excluding carboxylic acids is 1. The first-order chi connectivity index (χ1) is 15.6. The van der Waals surface area contributed by atoms with Gasteiger partial charge in [-0.25, -0.2) is 0 Å². The molecule has 0 unspecified atom stereocenters. The number of hydrogen-bond donors (Lipinski definition) is 1. The van der Waals surface area contributed by atoms with Crippen LogP contribution in [0.1, 0.15) is 38.2 Å². The van der Waals surface area contributed by atoms with Crippen molar-refractivity contribution in [3.05, 3.63) is 47.5 Å². The lowest BCUT2D eigenvalue weighted by atomic mass is 10.1. The van der Waals surface area contributed by atoms with Crippen molar-refractivity contribution in [2.45, 2.75) is 32.6 Å². The molecule has 0 atom stereocenters. The molecule has 7 heteroatoms. The zero-order valence-electron chi connectivity index (χ0n) is 19.1. The molecule has 0 aromatic heterocycles. The van der Waals surface area contributed by atoms with Crippen LogP contribution in [0, 0.1) is 11.3 Å². The molecule has 7 nitrogen and oxygen atoms in total. The van der Waals surface area contributed by atoms with Gasteiger partial charge >= 0.3 is 0 Å². The number of methoxy groups -OCH3 is 3. The van der Waals surface area contributed by atoms with Gasteiger partial charge in [-0.2, -0.15) is 5.26 Å². The Kier molecular flexibility index (Phi) is 9.92. The second-order valence-corrected chi connectivity index (χ2v) is 7.01. The minimum absolute atomic E-state index is 0.0462. The van der Waals surface area contributed by atoms with Gasteiger partial charge in [0.2, 0.25) is 0 Å². The Balaban J connectivity index is 2.13. The van der Waals surface area contributed by atoms with E-state index < -0.39 is 5.91 Å². The lowest BCUT2D eigenvalue weighted by Crippen LogP contribution is -2.13. The van der Waals surface area contributed by atoms with Crippen molar-refractivity contribution < 1.29 is 23.7 Å². The number of nitriles is 1. The monoisotopic (exact) mass is 438 g/mol. The van der Waals surface area contributed by atoms with Gasteiger partial charge in [-0.15, -0.1) is 0 Å². The predicted molar refractivity (Wildman–Crippen MR) is 124 cm³/mol. The average Bonchev–Trinajstić information content (AvgIpc) is 2.82. The second kappa shape index (κ2) is 12.9. The van der Waals surface area contributed by atoms with Gasteiger partial charge in [-0.3, -0.25) is 4.79 Å². The molecule has 0 saturated carbocycles. The first kappa shape index (κ1) is 24.6. The molecule has 0 aliphatic heterocycles. The van der Waals surface area contributed by atoms with E-state index in [1.54, 1.807) is 43.5 Å². The number of hydrogen-bond acceptors (Lipinski definition) is 6. The van der Waals surface area contributed by atoms with Crippen LogP contribution in [0.5, 0.6) is 23.0 Å². The summed E-state index contributed by atoms with van der Waals surface area (Å²) in [6.45, 7) is 2.78. The Bertz CT molecular complexity index is 979. The molecule has 2 aromatic carbocycles. The molecule has 0 fully saturated rings. The van der Waals surface area contributed by atoms with Crippen LogP contribution in [0.4, 0.5) is 5.69 Å². The molecule has 2 rings (SSSR count). The van der Waals surface area contributed by atoms with E-state index in [0.29, 0.717) is 40.9 Å². The van der Waals surface area contributed by atoms with Gasteiger partial charge in [0, 0.05) is 11.8 Å². The maximum Gasteiger partial charge on any atom is 0.266 e. The third-order valence-corrected chi connectivity index (χ3v) is 4.76. The van der Waals surface area contributed by atoms with Gasteiger partial charge in [0.1, 0.15) is 11.6 Å². The van der Waals surface area contributed by atoms with E-state index in [1.807, 2.05) is 6.07 Å². The third-order valence-electron chi connectivity index (χ3n) is 4.76. The summed E-state index contributed by atoms with van der Waals surface area (Å²) in [4.78, 5) is 12.6. The SMILES string of the molecule is CCCCCCOc1ccc(/C=C(\C#N)C(=O)Nc2ccc(OC)c(OC)c2)cc1OC. The Morgan fingerprint density at radius 3 is 2.28 bits per heavy atom. The minimum Gasteiger partial charge on any atom is -0.493 e. The van der Waals surface area contributed by atoms with Gasteiger partial charge in [0.25, 0.3) is 5.91 Å². The summed E-state index contributed by atoms with van der Waals surface area (Å²) in [5.74, 6) is 1.67. The van der Waals surface area contributed by atoms with Crippen molar-refractivity contribution in [3.8, 4) is 29.1 Å². The summed E-state index contributed by atoms with van der Waals surface area (Å²) in [5, 5.41) is 12.2. The van der Waals surface area contributed by atoms with Gasteiger partial charge in [0.05, 0.1) is 27.9 Å². The van der Waals surface area contributed by atoms with Crippen LogP contribution in [-0.2, 0) is 4.79 Å². The van der Waals surface area contributed by atoms with Crippen molar-refractivity contribution in [2.75, 3.05) is 33.3 Å². The number of anilines is 1. The molecule has 0 bridgehead atoms. The Hall–Kier alpha value is -3.66. The maximum absolute atomic E-state index is 12.6. The van der Waals surface area contributed by atoms with Crippen LogP contribution in [0.25, 0.3) is 6.08 Å². The Morgan fingerprint density at radius 1 is 0.938 bits per heavy atom. The second-order valence-electron chi connectivity index (χ2n) is 7.01. The first-order valence-corrected chi connectivity index (χ1v) is 10.5. The predicted octanol–water partition coefficient (Wildman–Crippen LogP) is 5.22. The number of nitrogens with one attached hydrogen (secondary N) is 1. The van der Waals surface area contributed by atoms with Gasteiger partial charge < -0.3 is 24.3 Å². The molecule has 0 saturated heterocycles. The summed E-state index contributed by atoms with van der Waals surface area (Å²) in [7, 11) is 4.60. The van der Waals surface area contributed by atoms with E-state index in [4.69, 9.17) is 18.9 Å². The number of unbranched alkanes of at least 4 members (excludes halogenated alkanes) is 3. The number of rotatable bonds is 12. The smallest absolute Gasteiger partial charge is 0.266 e. The lowest BCUT2D eigenvalue weighted by molar-refractivity contribution is -0.112. The van der Waals surface area contributed by atoms with Crippen molar-refractivity contribution in [1.82, 2.24) is 0 Å². The summed E-state index contributed by atoms with van der Waals surface area (Å²) in [6, 6.07) is 12.2. The molecule has 0 spiro atoms. The number of amides is 1. The molecule has 0 aliphatic rings. The Labute approximate surface area is 189 Å². The van der Waals surface area contributed by atoms with Crippen molar-refractivity contribution in [2.24, 2.45) is 0 Å². The van der Waals surface area contributed by atoms with Crippen molar-refractivity contribution in [3.63, 3.8) is 0 Å². The zero-order chi connectivity index (χ0) is 23.3. The number of nitrogens with zero attached hydrogens (tertiary/aromatic N) is 1. The summed E-state index contributed by atoms with van der Waals surface area (Å²) >= 11 is 0. The van der Waals surface area contributed by atoms with Crippen LogP contribution in [0.2, 0.25) is 0 Å². The summed E-state index contributed by atoms with van der Waals surface area (Å²) in [6.07, 6.45) is 5.97. The largest absolute Gasteiger partial charge is 0.493 e. The summed E-state index contributed by atoms with van der Waals surface area (Å²) < 4.78 is 21.7. The van der Waals surface area contributed by atoms with Gasteiger partial charge in [-0.1, -0.05) is 32.3 Å². The molecule has 0 radical (unpaired) electrons. The molecule has 170 valence electrons. The van der Waals surface area contributed by atoms with Crippen molar-refractivity contribution >= 4 is 17.7 Å². The fourth-order valence-corrected chi connectivity index (χ4v) is 3.03. The number of ether oxygens (including phenoxy) is 4. The van der Waals surface area contributed by atoms with E-state index in [9.17, 15) is 10.1 Å². The molecular weight excluding hydrogens is 408 g/mol. The fourth-order valence-electron chi connectivity index (χ4n) is 3.03. The van der Waals surface area contributed by atoms with Crippen LogP contribution in [0.3, 0.4) is 0 Å². The maximum atomic E-state index is 12.6. The highest BCUT2D eigenvalue weighted by atomic mass is 16.5. The summed E-state index contributed by atoms with van der Waals surface area (Å²) in [5.41, 5.74) is 1.09. The molecule has 1 N–H and O–H groups in total. The van der Waals surface area contributed by atoms with E-state index in [1.165, 1.54) is 33.1 Å². The van der Waals surface area contributed by atoms with Crippen LogP contribution in [0.15, 0.2) is 42.0 Å². The highest BCUT2D eigenvalue weighted by molar-refractivity contribution is 6.09. The quantitative estimate of drug-likeness (QED) is 0.278. The van der Waals surface area contributed by atoms with E-state index >= 15 is 0 Å². The molecule has 0 heterocycles. The van der Waals surface area contributed by atoms with E-state index in [-0.39, 0.29) is 5.57 Å². The lowest BCUT2D eigenvalue weighted by Gasteiger charge is -2.12. The third kappa shape index (κ3) is 6.95. The molecule has 32 heavy (non-hydrogen) atoms. The van der Waals surface area contributed by atoms with Gasteiger partial charge in [0.15, 0.2) is 23.0 Å². The van der Waals surface area contributed by atoms with Crippen molar-refractivity contribution in [1.29, 1.82) is 5.26 Å². The van der Waals surface area contributed by atoms with Crippen LogP contribution in [-0.4, -0.2) is 33.8 Å². The number of benzene rings is 2. The fraction of sp³-hybridized carbons (Fsp3) is 0.360. The van der Waals surface area contributed by atoms with E-state index in [0.717, 1.165) is 12.8 Å². The van der Waals surface area contributed by atoms with Crippen LogP contribution < -0.4 is 24.3 Å². The van der Waals surface area contributed by atoms with E-state index in [2.05, 4.69) is 12.2 Å². The molecule has 2 aromatic rings. The normalized spacial score (nSPS) is 10.8. The topological polar surface area (TPSA) is 89.8 Å². The molecule has 1 amide bonds. The molecular formula is C25H30N2O5.